The number of halogens is 1. The first-order chi connectivity index (χ1) is 8.78. The molecule has 0 saturated carbocycles. The summed E-state index contributed by atoms with van der Waals surface area (Å²) in [4.78, 5) is 0. The number of benzene rings is 2. The van der Waals surface area contributed by atoms with E-state index in [0.717, 1.165) is 16.9 Å². The van der Waals surface area contributed by atoms with Gasteiger partial charge in [-0.25, -0.2) is 4.39 Å². The van der Waals surface area contributed by atoms with Crippen LogP contribution < -0.4 is 4.74 Å². The fourth-order valence-electron chi connectivity index (χ4n) is 1.52. The summed E-state index contributed by atoms with van der Waals surface area (Å²) in [6.45, 7) is 0. The van der Waals surface area contributed by atoms with E-state index < -0.39 is 0 Å². The van der Waals surface area contributed by atoms with E-state index >= 15 is 0 Å². The number of hydrogen-bond donors (Lipinski definition) is 0. The molecule has 0 aliphatic carbocycles. The van der Waals surface area contributed by atoms with Crippen molar-refractivity contribution in [2.24, 2.45) is 0 Å². The van der Waals surface area contributed by atoms with E-state index in [1.165, 1.54) is 12.1 Å². The van der Waals surface area contributed by atoms with Crippen LogP contribution in [0.1, 0.15) is 11.1 Å². The Hall–Kier alpha value is -2.27. The summed E-state index contributed by atoms with van der Waals surface area (Å²) in [5.74, 6) is 6.66. The summed E-state index contributed by atoms with van der Waals surface area (Å²) < 4.78 is 17.8. The van der Waals surface area contributed by atoms with Crippen LogP contribution in [0.25, 0.3) is 0 Å². The van der Waals surface area contributed by atoms with Crippen LogP contribution in [0.3, 0.4) is 0 Å². The van der Waals surface area contributed by atoms with Gasteiger partial charge in [-0.2, -0.15) is 0 Å². The minimum Gasteiger partial charge on any atom is -0.497 e. The highest BCUT2D eigenvalue weighted by Crippen LogP contribution is 2.11. The molecular weight excluding hydrogens is 227 g/mol. The van der Waals surface area contributed by atoms with Crippen molar-refractivity contribution in [3.8, 4) is 17.6 Å². The van der Waals surface area contributed by atoms with Crippen molar-refractivity contribution < 1.29 is 9.13 Å². The molecule has 18 heavy (non-hydrogen) atoms. The maximum absolute atomic E-state index is 12.7. The fourth-order valence-corrected chi connectivity index (χ4v) is 1.52. The average molecular weight is 240 g/mol. The van der Waals surface area contributed by atoms with Gasteiger partial charge in [-0.05, 0) is 42.0 Å². The van der Waals surface area contributed by atoms with Crippen LogP contribution in [0.15, 0.2) is 48.5 Å². The van der Waals surface area contributed by atoms with Crippen LogP contribution in [0, 0.1) is 17.7 Å². The summed E-state index contributed by atoms with van der Waals surface area (Å²) in [5.41, 5.74) is 1.95. The van der Waals surface area contributed by atoms with E-state index in [2.05, 4.69) is 11.8 Å². The SMILES string of the molecule is COc1ccc(CC#Cc2ccc(F)cc2)cc1. The van der Waals surface area contributed by atoms with Gasteiger partial charge < -0.3 is 4.74 Å². The van der Waals surface area contributed by atoms with Crippen LogP contribution in [0.4, 0.5) is 4.39 Å². The van der Waals surface area contributed by atoms with Crippen LogP contribution in [0.5, 0.6) is 5.75 Å². The zero-order valence-electron chi connectivity index (χ0n) is 10.1. The summed E-state index contributed by atoms with van der Waals surface area (Å²) in [6, 6.07) is 14.0. The second kappa shape index (κ2) is 5.88. The third-order valence-corrected chi connectivity index (χ3v) is 2.53. The van der Waals surface area contributed by atoms with Gasteiger partial charge in [0.05, 0.1) is 7.11 Å². The second-order valence-corrected chi connectivity index (χ2v) is 3.83. The van der Waals surface area contributed by atoms with Crippen molar-refractivity contribution in [2.45, 2.75) is 6.42 Å². The highest BCUT2D eigenvalue weighted by molar-refractivity contribution is 5.36. The van der Waals surface area contributed by atoms with Crippen LogP contribution in [-0.2, 0) is 6.42 Å². The number of ether oxygens (including phenoxy) is 1. The average Bonchev–Trinajstić information content (AvgIpc) is 2.42. The van der Waals surface area contributed by atoms with Gasteiger partial charge in [0, 0.05) is 12.0 Å². The topological polar surface area (TPSA) is 9.23 Å². The third-order valence-electron chi connectivity index (χ3n) is 2.53. The van der Waals surface area contributed by atoms with Crippen LogP contribution in [-0.4, -0.2) is 7.11 Å². The van der Waals surface area contributed by atoms with Gasteiger partial charge >= 0.3 is 0 Å². The van der Waals surface area contributed by atoms with Gasteiger partial charge in [0.15, 0.2) is 0 Å². The Kier molecular flexibility index (Phi) is 3.98. The Morgan fingerprint density at radius 3 is 2.28 bits per heavy atom. The lowest BCUT2D eigenvalue weighted by molar-refractivity contribution is 0.414. The molecule has 90 valence electrons. The molecule has 2 rings (SSSR count). The highest BCUT2D eigenvalue weighted by atomic mass is 19.1. The predicted molar refractivity (Wildman–Crippen MR) is 70.0 cm³/mol. The molecule has 1 nitrogen and oxygen atoms in total. The first-order valence-corrected chi connectivity index (χ1v) is 5.65. The zero-order valence-corrected chi connectivity index (χ0v) is 10.1. The molecule has 0 saturated heterocycles. The lowest BCUT2D eigenvalue weighted by Crippen LogP contribution is -1.85. The molecule has 0 aliphatic heterocycles. The van der Waals surface area contributed by atoms with E-state index in [9.17, 15) is 4.39 Å². The Bertz CT molecular complexity index is 559. The minimum atomic E-state index is -0.240. The van der Waals surface area contributed by atoms with E-state index in [1.54, 1.807) is 19.2 Å². The first kappa shape index (κ1) is 12.2. The van der Waals surface area contributed by atoms with E-state index in [1.807, 2.05) is 24.3 Å². The molecule has 2 aromatic rings. The monoisotopic (exact) mass is 240 g/mol. The van der Waals surface area contributed by atoms with Gasteiger partial charge in [-0.3, -0.25) is 0 Å². The maximum atomic E-state index is 12.7. The van der Waals surface area contributed by atoms with Gasteiger partial charge in [-0.15, -0.1) is 0 Å². The van der Waals surface area contributed by atoms with Crippen LogP contribution in [0.2, 0.25) is 0 Å². The predicted octanol–water partition coefficient (Wildman–Crippen LogP) is 3.43. The van der Waals surface area contributed by atoms with Crippen molar-refractivity contribution in [1.29, 1.82) is 0 Å². The standard InChI is InChI=1S/C16H13FO/c1-18-16-11-7-14(8-12-16)4-2-3-13-5-9-15(17)10-6-13/h5-12H,4H2,1H3. The van der Waals surface area contributed by atoms with Crippen molar-refractivity contribution in [1.82, 2.24) is 0 Å². The minimum absolute atomic E-state index is 0.240. The Morgan fingerprint density at radius 1 is 1.00 bits per heavy atom. The molecular formula is C16H13FO. The second-order valence-electron chi connectivity index (χ2n) is 3.83. The maximum Gasteiger partial charge on any atom is 0.123 e. The molecule has 0 radical (unpaired) electrons. The summed E-state index contributed by atoms with van der Waals surface area (Å²) in [5, 5.41) is 0. The van der Waals surface area contributed by atoms with E-state index in [0.29, 0.717) is 6.42 Å². The molecule has 0 fully saturated rings. The molecule has 0 bridgehead atoms. The van der Waals surface area contributed by atoms with Gasteiger partial charge in [0.25, 0.3) is 0 Å². The summed E-state index contributed by atoms with van der Waals surface area (Å²) >= 11 is 0. The van der Waals surface area contributed by atoms with Gasteiger partial charge in [0.1, 0.15) is 11.6 Å². The summed E-state index contributed by atoms with van der Waals surface area (Å²) in [7, 11) is 1.64. The van der Waals surface area contributed by atoms with Gasteiger partial charge in [-0.1, -0.05) is 24.0 Å². The molecule has 0 aliphatic rings. The van der Waals surface area contributed by atoms with Crippen molar-refractivity contribution in [2.75, 3.05) is 7.11 Å². The molecule has 0 unspecified atom stereocenters. The fraction of sp³-hybridized carbons (Fsp3) is 0.125. The third kappa shape index (κ3) is 3.36. The molecule has 2 aromatic carbocycles. The highest BCUT2D eigenvalue weighted by Gasteiger charge is 1.92. The largest absolute Gasteiger partial charge is 0.497 e. The number of hydrogen-bond acceptors (Lipinski definition) is 1. The molecule has 0 spiro atoms. The van der Waals surface area contributed by atoms with Gasteiger partial charge in [0.2, 0.25) is 0 Å². The van der Waals surface area contributed by atoms with Crippen molar-refractivity contribution in [3.63, 3.8) is 0 Å². The number of methoxy groups -OCH3 is 1. The number of rotatable bonds is 2. The normalized spacial score (nSPS) is 9.44. The molecule has 0 atom stereocenters. The Labute approximate surface area is 106 Å². The first-order valence-electron chi connectivity index (χ1n) is 5.65. The lowest BCUT2D eigenvalue weighted by atomic mass is 10.1. The van der Waals surface area contributed by atoms with Crippen LogP contribution >= 0.6 is 0 Å². The quantitative estimate of drug-likeness (QED) is 0.731. The molecule has 0 aromatic heterocycles. The van der Waals surface area contributed by atoms with Crippen molar-refractivity contribution >= 4 is 0 Å². The Morgan fingerprint density at radius 2 is 1.67 bits per heavy atom. The van der Waals surface area contributed by atoms with E-state index in [-0.39, 0.29) is 5.82 Å². The molecule has 0 N–H and O–H groups in total. The zero-order chi connectivity index (χ0) is 12.8. The lowest BCUT2D eigenvalue weighted by Gasteiger charge is -1.99. The summed E-state index contributed by atoms with van der Waals surface area (Å²) in [6.07, 6.45) is 0.668. The smallest absolute Gasteiger partial charge is 0.123 e. The van der Waals surface area contributed by atoms with Crippen molar-refractivity contribution in [3.05, 3.63) is 65.5 Å². The van der Waals surface area contributed by atoms with E-state index in [4.69, 9.17) is 4.74 Å². The Balaban J connectivity index is 2.00. The molecule has 0 heterocycles. The molecule has 0 amide bonds. The molecule has 2 heteroatoms.